The van der Waals surface area contributed by atoms with Gasteiger partial charge in [-0.25, -0.2) is 8.78 Å². The van der Waals surface area contributed by atoms with Gasteiger partial charge in [0.2, 0.25) is 0 Å². The van der Waals surface area contributed by atoms with Crippen molar-refractivity contribution in [3.8, 4) is 0 Å². The molecule has 0 saturated heterocycles. The third kappa shape index (κ3) is 3.36. The Labute approximate surface area is 107 Å². The van der Waals surface area contributed by atoms with Crippen molar-refractivity contribution in [2.45, 2.75) is 37.9 Å². The minimum Gasteiger partial charge on any atom is -0.378 e. The highest BCUT2D eigenvalue weighted by atomic mass is 19.4. The van der Waals surface area contributed by atoms with Gasteiger partial charge in [0, 0.05) is 6.04 Å². The lowest BCUT2D eigenvalue weighted by molar-refractivity contribution is -0.182. The van der Waals surface area contributed by atoms with Crippen molar-refractivity contribution in [2.75, 3.05) is 5.32 Å². The molecular formula is C13H14F5N. The predicted molar refractivity (Wildman–Crippen MR) is 61.8 cm³/mol. The molecule has 0 radical (unpaired) electrons. The molecule has 1 N–H and O–H groups in total. The zero-order valence-corrected chi connectivity index (χ0v) is 10.1. The minimum absolute atomic E-state index is 0.0848. The maximum Gasteiger partial charge on any atom is 0.391 e. The van der Waals surface area contributed by atoms with Gasteiger partial charge in [0.05, 0.1) is 5.92 Å². The van der Waals surface area contributed by atoms with Gasteiger partial charge < -0.3 is 5.32 Å². The second-order valence-corrected chi connectivity index (χ2v) is 4.84. The summed E-state index contributed by atoms with van der Waals surface area (Å²) < 4.78 is 64.7. The number of para-hydroxylation sites is 1. The van der Waals surface area contributed by atoms with Crippen LogP contribution >= 0.6 is 0 Å². The molecule has 1 fully saturated rings. The molecule has 0 heterocycles. The SMILES string of the molecule is Fc1cccc(F)c1NC1CCCC(C(F)(F)F)C1. The van der Waals surface area contributed by atoms with Gasteiger partial charge >= 0.3 is 6.18 Å². The van der Waals surface area contributed by atoms with Gasteiger partial charge in [0.1, 0.15) is 17.3 Å². The average molecular weight is 279 g/mol. The summed E-state index contributed by atoms with van der Waals surface area (Å²) in [6.07, 6.45) is -3.41. The van der Waals surface area contributed by atoms with E-state index in [4.69, 9.17) is 0 Å². The molecule has 2 unspecified atom stereocenters. The molecular weight excluding hydrogens is 265 g/mol. The third-order valence-electron chi connectivity index (χ3n) is 3.45. The highest BCUT2D eigenvalue weighted by molar-refractivity contribution is 5.46. The number of nitrogens with one attached hydrogen (secondary N) is 1. The summed E-state index contributed by atoms with van der Waals surface area (Å²) in [5, 5.41) is 2.57. The van der Waals surface area contributed by atoms with E-state index in [1.54, 1.807) is 0 Å². The van der Waals surface area contributed by atoms with Crippen molar-refractivity contribution < 1.29 is 22.0 Å². The number of anilines is 1. The van der Waals surface area contributed by atoms with E-state index >= 15 is 0 Å². The van der Waals surface area contributed by atoms with Crippen LogP contribution in [-0.4, -0.2) is 12.2 Å². The Kier molecular flexibility index (Phi) is 3.96. The molecule has 1 saturated carbocycles. The van der Waals surface area contributed by atoms with Crippen LogP contribution in [0.25, 0.3) is 0 Å². The normalized spacial score (nSPS) is 24.3. The molecule has 1 aromatic carbocycles. The molecule has 0 spiro atoms. The summed E-state index contributed by atoms with van der Waals surface area (Å²) in [4.78, 5) is 0. The van der Waals surface area contributed by atoms with Gasteiger partial charge in [0.25, 0.3) is 0 Å². The Morgan fingerprint density at radius 2 is 1.68 bits per heavy atom. The molecule has 2 rings (SSSR count). The standard InChI is InChI=1S/C13H14F5N/c14-10-5-2-6-11(15)12(10)19-9-4-1-3-8(7-9)13(16,17)18/h2,5-6,8-9,19H,1,3-4,7H2. The minimum atomic E-state index is -4.24. The molecule has 19 heavy (non-hydrogen) atoms. The maximum atomic E-state index is 13.4. The van der Waals surface area contributed by atoms with Gasteiger partial charge in [0.15, 0.2) is 0 Å². The molecule has 6 heteroatoms. The van der Waals surface area contributed by atoms with Gasteiger partial charge in [-0.2, -0.15) is 13.2 Å². The largest absolute Gasteiger partial charge is 0.391 e. The van der Waals surface area contributed by atoms with Crippen LogP contribution in [0.15, 0.2) is 18.2 Å². The summed E-state index contributed by atoms with van der Waals surface area (Å²) in [6, 6.07) is 2.83. The molecule has 0 aromatic heterocycles. The van der Waals surface area contributed by atoms with Crippen molar-refractivity contribution >= 4 is 5.69 Å². The molecule has 0 aliphatic heterocycles. The maximum absolute atomic E-state index is 13.4. The third-order valence-corrected chi connectivity index (χ3v) is 3.45. The number of benzene rings is 1. The first kappa shape index (κ1) is 14.1. The Hall–Kier alpha value is -1.33. The van der Waals surface area contributed by atoms with Crippen LogP contribution in [0.1, 0.15) is 25.7 Å². The van der Waals surface area contributed by atoms with Crippen molar-refractivity contribution in [2.24, 2.45) is 5.92 Å². The van der Waals surface area contributed by atoms with Crippen molar-refractivity contribution in [3.05, 3.63) is 29.8 Å². The number of rotatable bonds is 2. The van der Waals surface area contributed by atoms with Crippen LogP contribution in [0.5, 0.6) is 0 Å². The topological polar surface area (TPSA) is 12.0 Å². The summed E-state index contributed by atoms with van der Waals surface area (Å²) in [6.45, 7) is 0. The van der Waals surface area contributed by atoms with Crippen molar-refractivity contribution in [3.63, 3.8) is 0 Å². The second kappa shape index (κ2) is 5.35. The first-order valence-electron chi connectivity index (χ1n) is 6.15. The zero-order chi connectivity index (χ0) is 14.0. The van der Waals surface area contributed by atoms with E-state index < -0.39 is 29.8 Å². The monoisotopic (exact) mass is 279 g/mol. The number of halogens is 5. The lowest BCUT2D eigenvalue weighted by atomic mass is 9.85. The summed E-state index contributed by atoms with van der Waals surface area (Å²) in [5.74, 6) is -2.96. The van der Waals surface area contributed by atoms with Crippen LogP contribution < -0.4 is 5.32 Å². The summed E-state index contributed by atoms with van der Waals surface area (Å²) in [7, 11) is 0. The highest BCUT2D eigenvalue weighted by Crippen LogP contribution is 2.38. The quantitative estimate of drug-likeness (QED) is 0.786. The fourth-order valence-electron chi connectivity index (χ4n) is 2.46. The summed E-state index contributed by atoms with van der Waals surface area (Å²) in [5.41, 5.74) is -0.338. The Bertz CT molecular complexity index is 423. The molecule has 1 aliphatic rings. The molecule has 2 atom stereocenters. The van der Waals surface area contributed by atoms with Crippen LogP contribution in [0.3, 0.4) is 0 Å². The van der Waals surface area contributed by atoms with E-state index in [0.29, 0.717) is 12.8 Å². The Balaban J connectivity index is 2.07. The second-order valence-electron chi connectivity index (χ2n) is 4.84. The Morgan fingerprint density at radius 1 is 1.05 bits per heavy atom. The Morgan fingerprint density at radius 3 is 2.26 bits per heavy atom. The first-order valence-corrected chi connectivity index (χ1v) is 6.15. The van der Waals surface area contributed by atoms with E-state index in [-0.39, 0.29) is 18.5 Å². The molecule has 106 valence electrons. The van der Waals surface area contributed by atoms with E-state index in [1.165, 1.54) is 6.07 Å². The van der Waals surface area contributed by atoms with Crippen LogP contribution in [-0.2, 0) is 0 Å². The number of alkyl halides is 3. The highest BCUT2D eigenvalue weighted by Gasteiger charge is 2.42. The smallest absolute Gasteiger partial charge is 0.378 e. The average Bonchev–Trinajstić information content (AvgIpc) is 2.33. The zero-order valence-electron chi connectivity index (χ0n) is 10.1. The van der Waals surface area contributed by atoms with Gasteiger partial charge in [-0.05, 0) is 31.4 Å². The molecule has 0 amide bonds. The van der Waals surface area contributed by atoms with Crippen molar-refractivity contribution in [1.82, 2.24) is 0 Å². The molecule has 1 aliphatic carbocycles. The number of hydrogen-bond donors (Lipinski definition) is 1. The predicted octanol–water partition coefficient (Wildman–Crippen LogP) is 4.50. The van der Waals surface area contributed by atoms with Gasteiger partial charge in [-0.15, -0.1) is 0 Å². The molecule has 0 bridgehead atoms. The van der Waals surface area contributed by atoms with Crippen LogP contribution in [0.4, 0.5) is 27.6 Å². The van der Waals surface area contributed by atoms with Gasteiger partial charge in [-0.3, -0.25) is 0 Å². The van der Waals surface area contributed by atoms with E-state index in [9.17, 15) is 22.0 Å². The molecule has 1 aromatic rings. The van der Waals surface area contributed by atoms with Crippen LogP contribution in [0, 0.1) is 17.6 Å². The number of hydrogen-bond acceptors (Lipinski definition) is 1. The lowest BCUT2D eigenvalue weighted by Crippen LogP contribution is -2.35. The van der Waals surface area contributed by atoms with E-state index in [1.807, 2.05) is 0 Å². The fraction of sp³-hybridized carbons (Fsp3) is 0.538. The first-order chi connectivity index (χ1) is 8.88. The van der Waals surface area contributed by atoms with E-state index in [0.717, 1.165) is 12.1 Å². The summed E-state index contributed by atoms with van der Waals surface area (Å²) >= 11 is 0. The fourth-order valence-corrected chi connectivity index (χ4v) is 2.46. The van der Waals surface area contributed by atoms with E-state index in [2.05, 4.69) is 5.32 Å². The van der Waals surface area contributed by atoms with Gasteiger partial charge in [-0.1, -0.05) is 12.5 Å². The lowest BCUT2D eigenvalue weighted by Gasteiger charge is -2.31. The molecule has 1 nitrogen and oxygen atoms in total. The van der Waals surface area contributed by atoms with Crippen molar-refractivity contribution in [1.29, 1.82) is 0 Å². The van der Waals surface area contributed by atoms with Crippen LogP contribution in [0.2, 0.25) is 0 Å².